The number of pyridine rings is 1. The van der Waals surface area contributed by atoms with E-state index in [9.17, 15) is 18.4 Å². The third-order valence-corrected chi connectivity index (χ3v) is 9.88. The van der Waals surface area contributed by atoms with Gasteiger partial charge in [0.05, 0.1) is 24.7 Å². The standard InChI is InChI=1S/C27H37F2N3O4S/c1-3-8-37-25-20(4-5-21(30-25)32-7-6-16(15-32)11-22(33)35-2)24(34)31-23-18-9-17-10-19(23)14-27(12-17,13-18)36-26(28)29/h4-5,16-19,23,26H,3,6-15H2,1-2H3,(H,31,34). The highest BCUT2D eigenvalue weighted by molar-refractivity contribution is 7.99. The Morgan fingerprint density at radius 2 is 2.00 bits per heavy atom. The molecule has 1 amide bonds. The van der Waals surface area contributed by atoms with Crippen molar-refractivity contribution >= 4 is 29.5 Å². The van der Waals surface area contributed by atoms with E-state index in [-0.39, 0.29) is 35.7 Å². The van der Waals surface area contributed by atoms with Crippen LogP contribution >= 0.6 is 11.8 Å². The number of carbonyl (C=O) groups excluding carboxylic acids is 2. The molecule has 5 aliphatic rings. The molecule has 1 N–H and O–H groups in total. The van der Waals surface area contributed by atoms with E-state index < -0.39 is 12.2 Å². The van der Waals surface area contributed by atoms with Crippen molar-refractivity contribution in [2.24, 2.45) is 23.7 Å². The molecule has 6 rings (SSSR count). The Morgan fingerprint density at radius 1 is 1.24 bits per heavy atom. The van der Waals surface area contributed by atoms with Gasteiger partial charge < -0.3 is 19.7 Å². The average molecular weight is 538 g/mol. The predicted octanol–water partition coefficient (Wildman–Crippen LogP) is 4.89. The molecule has 0 radical (unpaired) electrons. The fraction of sp³-hybridized carbons (Fsp3) is 0.741. The Bertz CT molecular complexity index is 992. The number of nitrogens with one attached hydrogen (secondary N) is 1. The lowest BCUT2D eigenvalue weighted by molar-refractivity contribution is -0.260. The Labute approximate surface area is 221 Å². The van der Waals surface area contributed by atoms with Crippen LogP contribution in [0.3, 0.4) is 0 Å². The van der Waals surface area contributed by atoms with Gasteiger partial charge in [-0.05, 0) is 86.5 Å². The second-order valence-electron chi connectivity index (χ2n) is 11.3. The van der Waals surface area contributed by atoms with Crippen LogP contribution in [-0.2, 0) is 14.3 Å². The van der Waals surface area contributed by atoms with Gasteiger partial charge in [0.2, 0.25) is 0 Å². The van der Waals surface area contributed by atoms with Crippen molar-refractivity contribution in [3.8, 4) is 0 Å². The van der Waals surface area contributed by atoms with Gasteiger partial charge in [0.25, 0.3) is 5.91 Å². The second-order valence-corrected chi connectivity index (χ2v) is 12.4. The first-order chi connectivity index (χ1) is 17.8. The van der Waals surface area contributed by atoms with E-state index in [1.165, 1.54) is 7.11 Å². The summed E-state index contributed by atoms with van der Waals surface area (Å²) in [6, 6.07) is 3.74. The molecule has 1 saturated heterocycles. The van der Waals surface area contributed by atoms with Crippen molar-refractivity contribution in [1.82, 2.24) is 10.3 Å². The first-order valence-electron chi connectivity index (χ1n) is 13.5. The molecule has 0 aromatic carbocycles. The molecule has 3 atom stereocenters. The summed E-state index contributed by atoms with van der Waals surface area (Å²) in [6.45, 7) is 0.895. The van der Waals surface area contributed by atoms with Crippen molar-refractivity contribution in [2.45, 2.75) is 81.6 Å². The van der Waals surface area contributed by atoms with Gasteiger partial charge in [0.1, 0.15) is 10.8 Å². The van der Waals surface area contributed by atoms with Gasteiger partial charge in [0.15, 0.2) is 0 Å². The maximum Gasteiger partial charge on any atom is 0.345 e. The number of anilines is 1. The first-order valence-corrected chi connectivity index (χ1v) is 14.5. The molecule has 4 bridgehead atoms. The smallest absolute Gasteiger partial charge is 0.345 e. The average Bonchev–Trinajstić information content (AvgIpc) is 3.31. The summed E-state index contributed by atoms with van der Waals surface area (Å²) in [4.78, 5) is 32.3. The Morgan fingerprint density at radius 3 is 2.68 bits per heavy atom. The van der Waals surface area contributed by atoms with Gasteiger partial charge in [-0.1, -0.05) is 6.92 Å². The number of thioether (sulfide) groups is 1. The van der Waals surface area contributed by atoms with Gasteiger partial charge >= 0.3 is 12.6 Å². The van der Waals surface area contributed by atoms with E-state index in [0.717, 1.165) is 55.4 Å². The van der Waals surface area contributed by atoms with Gasteiger partial charge in [-0.2, -0.15) is 8.78 Å². The summed E-state index contributed by atoms with van der Waals surface area (Å²) in [7, 11) is 1.41. The number of ether oxygens (including phenoxy) is 2. The van der Waals surface area contributed by atoms with Crippen LogP contribution in [0.25, 0.3) is 0 Å². The predicted molar refractivity (Wildman–Crippen MR) is 137 cm³/mol. The Hall–Kier alpha value is -1.94. The minimum Gasteiger partial charge on any atom is -0.469 e. The van der Waals surface area contributed by atoms with E-state index in [1.807, 2.05) is 12.1 Å². The number of nitrogens with zero attached hydrogens (tertiary/aromatic N) is 2. The maximum absolute atomic E-state index is 13.5. The van der Waals surface area contributed by atoms with Crippen molar-refractivity contribution in [1.29, 1.82) is 0 Å². The lowest BCUT2D eigenvalue weighted by Gasteiger charge is -2.59. The van der Waals surface area contributed by atoms with Crippen molar-refractivity contribution in [3.05, 3.63) is 17.7 Å². The minimum atomic E-state index is -2.75. The number of halogens is 2. The van der Waals surface area contributed by atoms with Crippen LogP contribution in [0, 0.1) is 23.7 Å². The van der Waals surface area contributed by atoms with E-state index in [1.54, 1.807) is 11.8 Å². The second kappa shape index (κ2) is 11.0. The van der Waals surface area contributed by atoms with Crippen LogP contribution in [0.2, 0.25) is 0 Å². The fourth-order valence-electron chi connectivity index (χ4n) is 7.36. The molecule has 1 aromatic rings. The van der Waals surface area contributed by atoms with E-state index in [0.29, 0.717) is 37.2 Å². The molecule has 1 aliphatic heterocycles. The Kier molecular flexibility index (Phi) is 7.96. The van der Waals surface area contributed by atoms with Gasteiger partial charge in [-0.3, -0.25) is 9.59 Å². The molecule has 5 fully saturated rings. The molecular formula is C27H37F2N3O4S. The van der Waals surface area contributed by atoms with Gasteiger partial charge in [-0.15, -0.1) is 11.8 Å². The maximum atomic E-state index is 13.5. The summed E-state index contributed by atoms with van der Waals surface area (Å²) in [6.07, 6.45) is 6.08. The summed E-state index contributed by atoms with van der Waals surface area (Å²) < 4.78 is 36.2. The van der Waals surface area contributed by atoms with Crippen LogP contribution < -0.4 is 10.2 Å². The monoisotopic (exact) mass is 537 g/mol. The van der Waals surface area contributed by atoms with E-state index in [4.69, 9.17) is 14.5 Å². The largest absolute Gasteiger partial charge is 0.469 e. The lowest BCUT2D eigenvalue weighted by Crippen LogP contribution is -2.62. The third-order valence-electron chi connectivity index (χ3n) is 8.68. The van der Waals surface area contributed by atoms with Gasteiger partial charge in [0, 0.05) is 19.1 Å². The number of amides is 1. The quantitative estimate of drug-likeness (QED) is 0.336. The molecule has 37 heavy (non-hydrogen) atoms. The molecule has 1 aromatic heterocycles. The number of alkyl halides is 2. The third kappa shape index (κ3) is 5.75. The number of methoxy groups -OCH3 is 1. The van der Waals surface area contributed by atoms with E-state index >= 15 is 0 Å². The number of esters is 1. The lowest BCUT2D eigenvalue weighted by atomic mass is 9.52. The van der Waals surface area contributed by atoms with Crippen molar-refractivity contribution in [3.63, 3.8) is 0 Å². The summed E-state index contributed by atoms with van der Waals surface area (Å²) >= 11 is 1.58. The van der Waals surface area contributed by atoms with Gasteiger partial charge in [-0.25, -0.2) is 4.98 Å². The molecule has 4 saturated carbocycles. The molecule has 3 unspecified atom stereocenters. The SMILES string of the molecule is CCCSc1nc(N2CCC(CC(=O)OC)C2)ccc1C(=O)NC1C2CC3CC1CC(OC(F)F)(C3)C2. The van der Waals surface area contributed by atoms with E-state index in [2.05, 4.69) is 17.1 Å². The Balaban J connectivity index is 1.28. The number of hydrogen-bond acceptors (Lipinski definition) is 7. The molecule has 2 heterocycles. The molecule has 204 valence electrons. The highest BCUT2D eigenvalue weighted by atomic mass is 32.2. The zero-order valence-electron chi connectivity index (χ0n) is 21.6. The fourth-order valence-corrected chi connectivity index (χ4v) is 8.23. The first kappa shape index (κ1) is 26.7. The zero-order valence-corrected chi connectivity index (χ0v) is 22.4. The normalized spacial score (nSPS) is 32.2. The topological polar surface area (TPSA) is 80.8 Å². The number of carbonyl (C=O) groups is 2. The minimum absolute atomic E-state index is 0.0141. The molecule has 7 nitrogen and oxygen atoms in total. The summed E-state index contributed by atoms with van der Waals surface area (Å²) in [5.41, 5.74) is -0.154. The van der Waals surface area contributed by atoms with Crippen molar-refractivity contribution < 1.29 is 27.8 Å². The van der Waals surface area contributed by atoms with Crippen LogP contribution in [0.5, 0.6) is 0 Å². The van der Waals surface area contributed by atoms with Crippen LogP contribution in [0.4, 0.5) is 14.6 Å². The molecule has 10 heteroatoms. The molecule has 0 spiro atoms. The van der Waals surface area contributed by atoms with Crippen molar-refractivity contribution in [2.75, 3.05) is 30.9 Å². The van der Waals surface area contributed by atoms with Crippen LogP contribution in [0.1, 0.15) is 68.6 Å². The number of rotatable bonds is 10. The zero-order chi connectivity index (χ0) is 26.2. The number of aromatic nitrogens is 1. The van der Waals surface area contributed by atoms with Crippen LogP contribution in [0.15, 0.2) is 17.2 Å². The van der Waals surface area contributed by atoms with Crippen LogP contribution in [-0.4, -0.2) is 61.1 Å². The molecular weight excluding hydrogens is 500 g/mol. The number of hydrogen-bond donors (Lipinski definition) is 1. The highest BCUT2D eigenvalue weighted by Gasteiger charge is 2.57. The summed E-state index contributed by atoms with van der Waals surface area (Å²) in [5.74, 6) is 2.33. The summed E-state index contributed by atoms with van der Waals surface area (Å²) in [5, 5.41) is 4.01. The highest BCUT2D eigenvalue weighted by Crippen LogP contribution is 2.57. The molecule has 4 aliphatic carbocycles.